The summed E-state index contributed by atoms with van der Waals surface area (Å²) in [6, 6.07) is 13.5. The van der Waals surface area contributed by atoms with Crippen LogP contribution in [0.4, 0.5) is 0 Å². The molecule has 0 bridgehead atoms. The monoisotopic (exact) mass is 393 g/mol. The predicted molar refractivity (Wildman–Crippen MR) is 108 cm³/mol. The number of amides is 1. The van der Waals surface area contributed by atoms with Gasteiger partial charge < -0.3 is 15.2 Å². The van der Waals surface area contributed by atoms with Crippen molar-refractivity contribution in [3.05, 3.63) is 59.9 Å². The van der Waals surface area contributed by atoms with Crippen LogP contribution in [0.3, 0.4) is 0 Å². The Morgan fingerprint density at radius 1 is 1.28 bits per heavy atom. The van der Waals surface area contributed by atoms with Gasteiger partial charge in [0.25, 0.3) is 5.91 Å². The maximum atomic E-state index is 12.7. The van der Waals surface area contributed by atoms with Crippen molar-refractivity contribution in [3.8, 4) is 5.69 Å². The molecule has 1 aliphatic heterocycles. The third kappa shape index (κ3) is 4.30. The summed E-state index contributed by atoms with van der Waals surface area (Å²) in [6.45, 7) is 2.49. The first-order valence-corrected chi connectivity index (χ1v) is 9.68. The molecule has 1 amide bonds. The SMILES string of the molecule is Cc1cccc(-n2cnc3cc(C(=O)NC4CCOC(CC(=O)O)C4)ccc32)c1. The number of ether oxygens (including phenoxy) is 1. The van der Waals surface area contributed by atoms with E-state index in [4.69, 9.17) is 9.84 Å². The second-order valence-electron chi connectivity index (χ2n) is 7.44. The molecule has 0 radical (unpaired) electrons. The Balaban J connectivity index is 1.49. The minimum Gasteiger partial charge on any atom is -0.481 e. The molecule has 29 heavy (non-hydrogen) atoms. The zero-order valence-corrected chi connectivity index (χ0v) is 16.2. The minimum absolute atomic E-state index is 0.0469. The lowest BCUT2D eigenvalue weighted by molar-refractivity contribution is -0.141. The van der Waals surface area contributed by atoms with Gasteiger partial charge in [-0.05, 0) is 55.7 Å². The van der Waals surface area contributed by atoms with Crippen LogP contribution in [-0.2, 0) is 9.53 Å². The number of nitrogens with zero attached hydrogens (tertiary/aromatic N) is 2. The van der Waals surface area contributed by atoms with Crippen LogP contribution in [0, 0.1) is 6.92 Å². The summed E-state index contributed by atoms with van der Waals surface area (Å²) in [6.07, 6.45) is 2.53. The number of carbonyl (C=O) groups excluding carboxylic acids is 1. The molecule has 7 nitrogen and oxygen atoms in total. The number of nitrogens with one attached hydrogen (secondary N) is 1. The summed E-state index contributed by atoms with van der Waals surface area (Å²) < 4.78 is 7.47. The van der Waals surface area contributed by atoms with E-state index in [-0.39, 0.29) is 24.5 Å². The normalized spacial score (nSPS) is 19.2. The van der Waals surface area contributed by atoms with Crippen LogP contribution in [0.2, 0.25) is 0 Å². The number of carboxylic acids is 1. The molecule has 4 rings (SSSR count). The molecule has 2 atom stereocenters. The Kier molecular flexibility index (Phi) is 5.31. The van der Waals surface area contributed by atoms with Crippen molar-refractivity contribution in [2.75, 3.05) is 6.61 Å². The Morgan fingerprint density at radius 2 is 2.14 bits per heavy atom. The lowest BCUT2D eigenvalue weighted by Gasteiger charge is -2.29. The molecule has 2 unspecified atom stereocenters. The van der Waals surface area contributed by atoms with Gasteiger partial charge in [0, 0.05) is 23.9 Å². The van der Waals surface area contributed by atoms with Gasteiger partial charge in [-0.2, -0.15) is 0 Å². The van der Waals surface area contributed by atoms with Crippen LogP contribution in [0.15, 0.2) is 48.8 Å². The zero-order chi connectivity index (χ0) is 20.4. The number of carbonyl (C=O) groups is 2. The van der Waals surface area contributed by atoms with E-state index in [1.54, 1.807) is 18.5 Å². The summed E-state index contributed by atoms with van der Waals surface area (Å²) in [7, 11) is 0. The van der Waals surface area contributed by atoms with E-state index in [9.17, 15) is 9.59 Å². The molecule has 7 heteroatoms. The topological polar surface area (TPSA) is 93.5 Å². The largest absolute Gasteiger partial charge is 0.481 e. The zero-order valence-electron chi connectivity index (χ0n) is 16.2. The first-order valence-electron chi connectivity index (χ1n) is 9.68. The van der Waals surface area contributed by atoms with Crippen molar-refractivity contribution >= 4 is 22.9 Å². The summed E-state index contributed by atoms with van der Waals surface area (Å²) in [5.74, 6) is -1.07. The molecule has 2 heterocycles. The van der Waals surface area contributed by atoms with Crippen molar-refractivity contribution in [2.24, 2.45) is 0 Å². The third-order valence-corrected chi connectivity index (χ3v) is 5.19. The summed E-state index contributed by atoms with van der Waals surface area (Å²) in [5.41, 5.74) is 4.40. The van der Waals surface area contributed by atoms with Crippen LogP contribution in [-0.4, -0.2) is 45.3 Å². The molecule has 1 aliphatic rings. The number of hydrogen-bond donors (Lipinski definition) is 2. The second-order valence-corrected chi connectivity index (χ2v) is 7.44. The van der Waals surface area contributed by atoms with Crippen molar-refractivity contribution in [3.63, 3.8) is 0 Å². The van der Waals surface area contributed by atoms with E-state index in [1.807, 2.05) is 35.8 Å². The molecule has 150 valence electrons. The summed E-state index contributed by atoms with van der Waals surface area (Å²) in [4.78, 5) is 28.1. The molecule has 1 fully saturated rings. The van der Waals surface area contributed by atoms with Gasteiger partial charge in [0.2, 0.25) is 0 Å². The molecule has 0 saturated carbocycles. The van der Waals surface area contributed by atoms with Gasteiger partial charge in [0.15, 0.2) is 0 Å². The van der Waals surface area contributed by atoms with E-state index in [2.05, 4.69) is 16.4 Å². The highest BCUT2D eigenvalue weighted by atomic mass is 16.5. The van der Waals surface area contributed by atoms with Crippen LogP contribution in [0.25, 0.3) is 16.7 Å². The van der Waals surface area contributed by atoms with E-state index >= 15 is 0 Å². The number of imidazole rings is 1. The van der Waals surface area contributed by atoms with Gasteiger partial charge in [-0.1, -0.05) is 12.1 Å². The summed E-state index contributed by atoms with van der Waals surface area (Å²) in [5, 5.41) is 11.9. The molecule has 2 N–H and O–H groups in total. The maximum Gasteiger partial charge on any atom is 0.305 e. The van der Waals surface area contributed by atoms with Gasteiger partial charge in [-0.15, -0.1) is 0 Å². The highest BCUT2D eigenvalue weighted by Crippen LogP contribution is 2.21. The lowest BCUT2D eigenvalue weighted by atomic mass is 10.0. The highest BCUT2D eigenvalue weighted by Gasteiger charge is 2.26. The number of fused-ring (bicyclic) bond motifs is 1. The van der Waals surface area contributed by atoms with E-state index < -0.39 is 5.97 Å². The number of hydrogen-bond acceptors (Lipinski definition) is 4. The van der Waals surface area contributed by atoms with E-state index in [1.165, 1.54) is 0 Å². The average molecular weight is 393 g/mol. The Bertz CT molecular complexity index is 1060. The number of aromatic nitrogens is 2. The van der Waals surface area contributed by atoms with E-state index in [0.717, 1.165) is 22.3 Å². The minimum atomic E-state index is -0.892. The highest BCUT2D eigenvalue weighted by molar-refractivity contribution is 5.97. The lowest BCUT2D eigenvalue weighted by Crippen LogP contribution is -2.42. The number of rotatable bonds is 5. The molecule has 1 aromatic heterocycles. The Hall–Kier alpha value is -3.19. The molecular weight excluding hydrogens is 370 g/mol. The number of carboxylic acid groups (broad SMARTS) is 1. The number of aliphatic carboxylic acids is 1. The van der Waals surface area contributed by atoms with Crippen molar-refractivity contribution in [1.82, 2.24) is 14.9 Å². The third-order valence-electron chi connectivity index (χ3n) is 5.19. The van der Waals surface area contributed by atoms with Crippen LogP contribution < -0.4 is 5.32 Å². The fraction of sp³-hybridized carbons (Fsp3) is 0.318. The maximum absolute atomic E-state index is 12.7. The average Bonchev–Trinajstić information content (AvgIpc) is 3.11. The molecule has 1 saturated heterocycles. The van der Waals surface area contributed by atoms with Gasteiger partial charge in [-0.25, -0.2) is 4.98 Å². The van der Waals surface area contributed by atoms with Crippen molar-refractivity contribution < 1.29 is 19.4 Å². The molecule has 0 aliphatic carbocycles. The first-order chi connectivity index (χ1) is 14.0. The summed E-state index contributed by atoms with van der Waals surface area (Å²) >= 11 is 0. The van der Waals surface area contributed by atoms with Gasteiger partial charge >= 0.3 is 5.97 Å². The molecule has 3 aromatic rings. The van der Waals surface area contributed by atoms with Crippen LogP contribution >= 0.6 is 0 Å². The number of aryl methyl sites for hydroxylation is 1. The fourth-order valence-electron chi connectivity index (χ4n) is 3.75. The van der Waals surface area contributed by atoms with Gasteiger partial charge in [0.1, 0.15) is 6.33 Å². The molecular formula is C22H23N3O4. The number of benzene rings is 2. The fourth-order valence-corrected chi connectivity index (χ4v) is 3.75. The smallest absolute Gasteiger partial charge is 0.305 e. The van der Waals surface area contributed by atoms with Crippen LogP contribution in [0.1, 0.15) is 35.2 Å². The predicted octanol–water partition coefficient (Wildman–Crippen LogP) is 3.09. The van der Waals surface area contributed by atoms with Crippen molar-refractivity contribution in [1.29, 1.82) is 0 Å². The van der Waals surface area contributed by atoms with Gasteiger partial charge in [-0.3, -0.25) is 14.2 Å². The van der Waals surface area contributed by atoms with Crippen LogP contribution in [0.5, 0.6) is 0 Å². The quantitative estimate of drug-likeness (QED) is 0.695. The standard InChI is InChI=1S/C22H23N3O4/c1-14-3-2-4-17(9-14)25-13-23-19-10-15(5-6-20(19)25)22(28)24-16-7-8-29-18(11-16)12-21(26)27/h2-6,9-10,13,16,18H,7-8,11-12H2,1H3,(H,24,28)(H,26,27). The Morgan fingerprint density at radius 3 is 2.93 bits per heavy atom. The second kappa shape index (κ2) is 8.05. The molecule has 0 spiro atoms. The van der Waals surface area contributed by atoms with Crippen molar-refractivity contribution in [2.45, 2.75) is 38.3 Å². The van der Waals surface area contributed by atoms with E-state index in [0.29, 0.717) is 25.0 Å². The molecule has 2 aromatic carbocycles. The first kappa shape index (κ1) is 19.1. The Labute approximate surface area is 168 Å². The van der Waals surface area contributed by atoms with Gasteiger partial charge in [0.05, 0.1) is 23.6 Å².